The lowest BCUT2D eigenvalue weighted by Gasteiger charge is -2.39. The minimum atomic E-state index is -0.0710. The summed E-state index contributed by atoms with van der Waals surface area (Å²) in [5.74, 6) is 6.68. The van der Waals surface area contributed by atoms with Crippen LogP contribution >= 0.6 is 0 Å². The first-order valence-corrected chi connectivity index (χ1v) is 6.82. The zero-order valence-corrected chi connectivity index (χ0v) is 11.1. The Labute approximate surface area is 100 Å². The van der Waals surface area contributed by atoms with Crippen molar-refractivity contribution < 1.29 is 4.74 Å². The fourth-order valence-corrected chi connectivity index (χ4v) is 2.64. The Morgan fingerprint density at radius 2 is 1.94 bits per heavy atom. The van der Waals surface area contributed by atoms with Gasteiger partial charge in [0.05, 0.1) is 11.6 Å². The number of ether oxygens (including phenoxy) is 1. The van der Waals surface area contributed by atoms with Gasteiger partial charge in [0.1, 0.15) is 0 Å². The third kappa shape index (κ3) is 3.44. The standard InChI is InChI=1S/C13H28N2O/c1-4-13(5-2,16-6-3)12(15-14)10-9-11-7-8-11/h11-12,15H,4-10,14H2,1-3H3. The van der Waals surface area contributed by atoms with Crippen LogP contribution in [0.1, 0.15) is 59.3 Å². The Morgan fingerprint density at radius 1 is 1.31 bits per heavy atom. The molecule has 0 aromatic carbocycles. The van der Waals surface area contributed by atoms with Gasteiger partial charge in [-0.25, -0.2) is 0 Å². The molecule has 96 valence electrons. The second-order valence-corrected chi connectivity index (χ2v) is 4.94. The first-order valence-electron chi connectivity index (χ1n) is 6.82. The van der Waals surface area contributed by atoms with Crippen LogP contribution in [0, 0.1) is 5.92 Å². The van der Waals surface area contributed by atoms with Gasteiger partial charge in [-0.1, -0.05) is 26.7 Å². The third-order valence-corrected chi connectivity index (χ3v) is 4.03. The van der Waals surface area contributed by atoms with Gasteiger partial charge in [-0.2, -0.15) is 0 Å². The van der Waals surface area contributed by atoms with Crippen molar-refractivity contribution in [2.75, 3.05) is 6.61 Å². The Morgan fingerprint density at radius 3 is 2.31 bits per heavy atom. The number of rotatable bonds is 9. The van der Waals surface area contributed by atoms with E-state index < -0.39 is 0 Å². The normalized spacial score (nSPS) is 18.8. The Hall–Kier alpha value is -0.120. The van der Waals surface area contributed by atoms with Crippen LogP contribution in [0.2, 0.25) is 0 Å². The Bertz CT molecular complexity index is 188. The van der Waals surface area contributed by atoms with Gasteiger partial charge in [-0.15, -0.1) is 0 Å². The van der Waals surface area contributed by atoms with E-state index in [1.165, 1.54) is 19.3 Å². The second-order valence-electron chi connectivity index (χ2n) is 4.94. The van der Waals surface area contributed by atoms with Crippen molar-refractivity contribution in [3.8, 4) is 0 Å². The van der Waals surface area contributed by atoms with Gasteiger partial charge in [0.25, 0.3) is 0 Å². The highest BCUT2D eigenvalue weighted by Gasteiger charge is 2.36. The summed E-state index contributed by atoms with van der Waals surface area (Å²) in [6.45, 7) is 7.22. The number of hydrogen-bond donors (Lipinski definition) is 2. The predicted molar refractivity (Wildman–Crippen MR) is 68.0 cm³/mol. The fourth-order valence-electron chi connectivity index (χ4n) is 2.64. The van der Waals surface area contributed by atoms with Crippen LogP contribution in [0.5, 0.6) is 0 Å². The van der Waals surface area contributed by atoms with Gasteiger partial charge < -0.3 is 4.74 Å². The van der Waals surface area contributed by atoms with E-state index >= 15 is 0 Å². The molecule has 0 radical (unpaired) electrons. The average Bonchev–Trinajstić information content (AvgIpc) is 3.12. The topological polar surface area (TPSA) is 47.3 Å². The van der Waals surface area contributed by atoms with E-state index in [0.717, 1.165) is 31.8 Å². The summed E-state index contributed by atoms with van der Waals surface area (Å²) < 4.78 is 5.99. The molecular weight excluding hydrogens is 200 g/mol. The van der Waals surface area contributed by atoms with Gasteiger partial charge >= 0.3 is 0 Å². The van der Waals surface area contributed by atoms with Crippen molar-refractivity contribution in [1.29, 1.82) is 0 Å². The first-order chi connectivity index (χ1) is 7.72. The number of nitrogens with one attached hydrogen (secondary N) is 1. The summed E-state index contributed by atoms with van der Waals surface area (Å²) >= 11 is 0. The molecule has 16 heavy (non-hydrogen) atoms. The predicted octanol–water partition coefficient (Wildman–Crippen LogP) is 2.60. The van der Waals surface area contributed by atoms with E-state index in [-0.39, 0.29) is 5.60 Å². The zero-order chi connectivity index (χ0) is 12.0. The molecule has 0 aromatic rings. The lowest BCUT2D eigenvalue weighted by atomic mass is 9.85. The molecule has 0 aromatic heterocycles. The zero-order valence-electron chi connectivity index (χ0n) is 11.1. The Balaban J connectivity index is 2.54. The van der Waals surface area contributed by atoms with E-state index in [1.54, 1.807) is 0 Å². The van der Waals surface area contributed by atoms with Crippen LogP contribution in [0.15, 0.2) is 0 Å². The molecule has 1 saturated carbocycles. The lowest BCUT2D eigenvalue weighted by molar-refractivity contribution is -0.0744. The van der Waals surface area contributed by atoms with Crippen molar-refractivity contribution in [2.24, 2.45) is 11.8 Å². The molecule has 1 aliphatic carbocycles. The molecule has 0 saturated heterocycles. The van der Waals surface area contributed by atoms with E-state index in [0.29, 0.717) is 6.04 Å². The summed E-state index contributed by atoms with van der Waals surface area (Å²) in [5.41, 5.74) is 2.92. The quantitative estimate of drug-likeness (QED) is 0.471. The van der Waals surface area contributed by atoms with E-state index in [4.69, 9.17) is 10.6 Å². The SMILES string of the molecule is CCOC(CC)(CC)C(CCC1CC1)NN. The molecule has 0 heterocycles. The van der Waals surface area contributed by atoms with Crippen LogP contribution in [-0.2, 0) is 4.74 Å². The third-order valence-electron chi connectivity index (χ3n) is 4.03. The first kappa shape index (κ1) is 13.9. The molecule has 3 N–H and O–H groups in total. The van der Waals surface area contributed by atoms with Crippen molar-refractivity contribution in [3.05, 3.63) is 0 Å². The molecule has 1 rings (SSSR count). The maximum absolute atomic E-state index is 5.99. The molecule has 0 spiro atoms. The number of nitrogens with two attached hydrogens (primary N) is 1. The molecular formula is C13H28N2O. The van der Waals surface area contributed by atoms with Crippen molar-refractivity contribution >= 4 is 0 Å². The highest BCUT2D eigenvalue weighted by molar-refractivity contribution is 4.91. The number of hydrazine groups is 1. The second kappa shape index (κ2) is 6.58. The fraction of sp³-hybridized carbons (Fsp3) is 1.00. The van der Waals surface area contributed by atoms with Crippen LogP contribution in [0.4, 0.5) is 0 Å². The minimum absolute atomic E-state index is 0.0710. The van der Waals surface area contributed by atoms with Crippen LogP contribution in [-0.4, -0.2) is 18.2 Å². The van der Waals surface area contributed by atoms with Crippen LogP contribution in [0.25, 0.3) is 0 Å². The van der Waals surface area contributed by atoms with Gasteiger partial charge in [0.2, 0.25) is 0 Å². The van der Waals surface area contributed by atoms with Crippen molar-refractivity contribution in [3.63, 3.8) is 0 Å². The smallest absolute Gasteiger partial charge is 0.0842 e. The molecule has 3 nitrogen and oxygen atoms in total. The molecule has 0 aliphatic heterocycles. The monoisotopic (exact) mass is 228 g/mol. The highest BCUT2D eigenvalue weighted by Crippen LogP contribution is 2.36. The molecule has 0 bridgehead atoms. The maximum atomic E-state index is 5.99. The largest absolute Gasteiger partial charge is 0.374 e. The summed E-state index contributed by atoms with van der Waals surface area (Å²) in [6, 6.07) is 0.294. The number of hydrogen-bond acceptors (Lipinski definition) is 3. The van der Waals surface area contributed by atoms with Crippen molar-refractivity contribution in [1.82, 2.24) is 5.43 Å². The van der Waals surface area contributed by atoms with Gasteiger partial charge in [-0.05, 0) is 38.5 Å². The van der Waals surface area contributed by atoms with Crippen LogP contribution < -0.4 is 11.3 Å². The molecule has 1 unspecified atom stereocenters. The molecule has 1 atom stereocenters. The van der Waals surface area contributed by atoms with Crippen LogP contribution in [0.3, 0.4) is 0 Å². The Kier molecular flexibility index (Phi) is 5.73. The minimum Gasteiger partial charge on any atom is -0.374 e. The lowest BCUT2D eigenvalue weighted by Crippen LogP contribution is -2.54. The molecule has 0 amide bonds. The average molecular weight is 228 g/mol. The maximum Gasteiger partial charge on any atom is 0.0842 e. The van der Waals surface area contributed by atoms with E-state index in [2.05, 4.69) is 26.2 Å². The van der Waals surface area contributed by atoms with E-state index in [1.807, 2.05) is 0 Å². The van der Waals surface area contributed by atoms with Crippen molar-refractivity contribution in [2.45, 2.75) is 70.9 Å². The summed E-state index contributed by atoms with van der Waals surface area (Å²) in [7, 11) is 0. The summed E-state index contributed by atoms with van der Waals surface area (Å²) in [5, 5.41) is 0. The van der Waals surface area contributed by atoms with Gasteiger partial charge in [0.15, 0.2) is 0 Å². The summed E-state index contributed by atoms with van der Waals surface area (Å²) in [6.07, 6.45) is 7.31. The van der Waals surface area contributed by atoms with E-state index in [9.17, 15) is 0 Å². The van der Waals surface area contributed by atoms with Gasteiger partial charge in [0, 0.05) is 6.61 Å². The summed E-state index contributed by atoms with van der Waals surface area (Å²) in [4.78, 5) is 0. The van der Waals surface area contributed by atoms with Gasteiger partial charge in [-0.3, -0.25) is 11.3 Å². The molecule has 1 fully saturated rings. The molecule has 3 heteroatoms. The molecule has 1 aliphatic rings. The highest BCUT2D eigenvalue weighted by atomic mass is 16.5.